The number of aromatic nitrogens is 2. The molecule has 0 fully saturated rings. The molecule has 0 aliphatic rings. The van der Waals surface area contributed by atoms with Gasteiger partial charge in [-0.05, 0) is 12.1 Å². The zero-order valence-corrected chi connectivity index (χ0v) is 11.3. The van der Waals surface area contributed by atoms with Crippen molar-refractivity contribution >= 4 is 23.1 Å². The summed E-state index contributed by atoms with van der Waals surface area (Å²) in [6.07, 6.45) is 6.70. The molecule has 2 heterocycles. The van der Waals surface area contributed by atoms with E-state index in [4.69, 9.17) is 4.42 Å². The van der Waals surface area contributed by atoms with Crippen LogP contribution in [-0.4, -0.2) is 22.1 Å². The molecule has 22 heavy (non-hydrogen) atoms. The smallest absolute Gasteiger partial charge is 0.291 e. The van der Waals surface area contributed by atoms with Gasteiger partial charge < -0.3 is 4.42 Å². The number of nitrogens with zero attached hydrogens (tertiary/aromatic N) is 3. The second-order valence-electron chi connectivity index (χ2n) is 4.31. The summed E-state index contributed by atoms with van der Waals surface area (Å²) >= 11 is 0. The highest BCUT2D eigenvalue weighted by Gasteiger charge is 2.06. The maximum Gasteiger partial charge on any atom is 0.291 e. The van der Waals surface area contributed by atoms with Gasteiger partial charge >= 0.3 is 0 Å². The maximum atomic E-state index is 12.2. The van der Waals surface area contributed by atoms with Gasteiger partial charge in [0.15, 0.2) is 0 Å². The standard InChI is InChI=1S/C15H10N4O3/c20-14-10(9-22-13-4-2-1-3-11(13)14)7-18-19-15(21)12-8-16-5-6-17-12/h1-9H,(H,19,21)/b18-7-. The van der Waals surface area contributed by atoms with Crippen LogP contribution in [0.3, 0.4) is 0 Å². The van der Waals surface area contributed by atoms with Crippen molar-refractivity contribution in [1.29, 1.82) is 0 Å². The Labute approximate surface area is 124 Å². The van der Waals surface area contributed by atoms with Crippen molar-refractivity contribution in [3.05, 3.63) is 70.6 Å². The van der Waals surface area contributed by atoms with Gasteiger partial charge in [0, 0.05) is 12.4 Å². The first-order valence-electron chi connectivity index (χ1n) is 6.35. The molecule has 0 aliphatic heterocycles. The van der Waals surface area contributed by atoms with Gasteiger partial charge in [-0.15, -0.1) is 0 Å². The normalized spacial score (nSPS) is 10.9. The molecule has 1 amide bonds. The highest BCUT2D eigenvalue weighted by Crippen LogP contribution is 2.09. The summed E-state index contributed by atoms with van der Waals surface area (Å²) in [5.41, 5.74) is 2.91. The van der Waals surface area contributed by atoms with Gasteiger partial charge in [0.2, 0.25) is 5.43 Å². The SMILES string of the molecule is O=C(N/N=C\c1coc2ccccc2c1=O)c1cnccn1. The van der Waals surface area contributed by atoms with Crippen molar-refractivity contribution in [2.24, 2.45) is 5.10 Å². The van der Waals surface area contributed by atoms with Crippen molar-refractivity contribution < 1.29 is 9.21 Å². The molecule has 7 nitrogen and oxygen atoms in total. The van der Waals surface area contributed by atoms with E-state index in [1.807, 2.05) is 0 Å². The number of hydrazone groups is 1. The van der Waals surface area contributed by atoms with Crippen LogP contribution in [0.2, 0.25) is 0 Å². The predicted octanol–water partition coefficient (Wildman–Crippen LogP) is 1.35. The first kappa shape index (κ1) is 13.6. The third kappa shape index (κ3) is 2.73. The van der Waals surface area contributed by atoms with E-state index < -0.39 is 5.91 Å². The molecular formula is C15H10N4O3. The second-order valence-corrected chi connectivity index (χ2v) is 4.31. The van der Waals surface area contributed by atoms with Crippen molar-refractivity contribution in [3.63, 3.8) is 0 Å². The first-order chi connectivity index (χ1) is 10.8. The highest BCUT2D eigenvalue weighted by molar-refractivity contribution is 5.93. The number of rotatable bonds is 3. The van der Waals surface area contributed by atoms with Crippen LogP contribution in [0.4, 0.5) is 0 Å². The first-order valence-corrected chi connectivity index (χ1v) is 6.35. The van der Waals surface area contributed by atoms with Crippen LogP contribution >= 0.6 is 0 Å². The van der Waals surface area contributed by atoms with Crippen LogP contribution < -0.4 is 10.9 Å². The molecule has 0 unspecified atom stereocenters. The zero-order valence-electron chi connectivity index (χ0n) is 11.3. The van der Waals surface area contributed by atoms with Gasteiger partial charge in [-0.1, -0.05) is 12.1 Å². The molecule has 0 bridgehead atoms. The molecule has 1 N–H and O–H groups in total. The van der Waals surface area contributed by atoms with E-state index in [-0.39, 0.29) is 16.7 Å². The van der Waals surface area contributed by atoms with Gasteiger partial charge in [-0.3, -0.25) is 14.6 Å². The number of benzene rings is 1. The Morgan fingerprint density at radius 1 is 1.27 bits per heavy atom. The lowest BCUT2D eigenvalue weighted by molar-refractivity contribution is 0.0949. The fourth-order valence-corrected chi connectivity index (χ4v) is 1.82. The summed E-state index contributed by atoms with van der Waals surface area (Å²) in [5, 5.41) is 4.18. The van der Waals surface area contributed by atoms with Crippen molar-refractivity contribution in [1.82, 2.24) is 15.4 Å². The number of carbonyl (C=O) groups is 1. The van der Waals surface area contributed by atoms with E-state index in [1.165, 1.54) is 31.1 Å². The summed E-state index contributed by atoms with van der Waals surface area (Å²) in [5.74, 6) is -0.519. The Balaban J connectivity index is 1.80. The van der Waals surface area contributed by atoms with Crippen LogP contribution in [0.1, 0.15) is 16.1 Å². The number of nitrogens with one attached hydrogen (secondary N) is 1. The average molecular weight is 294 g/mol. The Bertz CT molecular complexity index is 903. The number of fused-ring (bicyclic) bond motifs is 1. The molecule has 0 saturated carbocycles. The molecule has 3 rings (SSSR count). The minimum Gasteiger partial charge on any atom is -0.463 e. The average Bonchev–Trinajstić information content (AvgIpc) is 2.58. The number of hydrogen-bond donors (Lipinski definition) is 1. The molecule has 0 saturated heterocycles. The van der Waals surface area contributed by atoms with Crippen LogP contribution in [-0.2, 0) is 0 Å². The number of amides is 1. The molecular weight excluding hydrogens is 284 g/mol. The number of hydrogen-bond acceptors (Lipinski definition) is 6. The molecule has 0 radical (unpaired) electrons. The molecule has 3 aromatic rings. The zero-order chi connectivity index (χ0) is 15.4. The van der Waals surface area contributed by atoms with Crippen molar-refractivity contribution in [2.75, 3.05) is 0 Å². The third-order valence-corrected chi connectivity index (χ3v) is 2.87. The Hall–Kier alpha value is -3.35. The largest absolute Gasteiger partial charge is 0.463 e. The number of para-hydroxylation sites is 1. The van der Waals surface area contributed by atoms with Crippen LogP contribution in [0.25, 0.3) is 11.0 Å². The summed E-state index contributed by atoms with van der Waals surface area (Å²) in [4.78, 5) is 31.5. The van der Waals surface area contributed by atoms with Crippen LogP contribution in [0, 0.1) is 0 Å². The Morgan fingerprint density at radius 2 is 2.14 bits per heavy atom. The van der Waals surface area contributed by atoms with Crippen LogP contribution in [0.15, 0.2) is 63.4 Å². The number of carbonyl (C=O) groups excluding carboxylic acids is 1. The van der Waals surface area contributed by atoms with Crippen molar-refractivity contribution in [2.45, 2.75) is 0 Å². The van der Waals surface area contributed by atoms with Gasteiger partial charge in [0.1, 0.15) is 17.5 Å². The Kier molecular flexibility index (Phi) is 3.69. The summed E-state index contributed by atoms with van der Waals surface area (Å²) < 4.78 is 5.34. The van der Waals surface area contributed by atoms with E-state index in [0.717, 1.165) is 0 Å². The highest BCUT2D eigenvalue weighted by atomic mass is 16.3. The fraction of sp³-hybridized carbons (Fsp3) is 0. The van der Waals surface area contributed by atoms with E-state index in [0.29, 0.717) is 11.0 Å². The lowest BCUT2D eigenvalue weighted by Gasteiger charge is -1.98. The molecule has 0 spiro atoms. The fourth-order valence-electron chi connectivity index (χ4n) is 1.82. The minimum absolute atomic E-state index is 0.130. The van der Waals surface area contributed by atoms with Gasteiger partial charge in [0.25, 0.3) is 5.91 Å². The lowest BCUT2D eigenvalue weighted by atomic mass is 10.2. The summed E-state index contributed by atoms with van der Waals surface area (Å²) in [6, 6.07) is 6.89. The topological polar surface area (TPSA) is 97.5 Å². The Morgan fingerprint density at radius 3 is 2.95 bits per heavy atom. The van der Waals surface area contributed by atoms with Crippen LogP contribution in [0.5, 0.6) is 0 Å². The second kappa shape index (κ2) is 5.96. The van der Waals surface area contributed by atoms with E-state index >= 15 is 0 Å². The van der Waals surface area contributed by atoms with Gasteiger partial charge in [-0.2, -0.15) is 5.10 Å². The summed E-state index contributed by atoms with van der Waals surface area (Å²) in [6.45, 7) is 0. The monoisotopic (exact) mass is 294 g/mol. The lowest BCUT2D eigenvalue weighted by Crippen LogP contribution is -2.19. The van der Waals surface area contributed by atoms with E-state index in [1.54, 1.807) is 24.3 Å². The maximum absolute atomic E-state index is 12.2. The molecule has 2 aromatic heterocycles. The third-order valence-electron chi connectivity index (χ3n) is 2.87. The molecule has 108 valence electrons. The molecule has 0 aliphatic carbocycles. The van der Waals surface area contributed by atoms with E-state index in [9.17, 15) is 9.59 Å². The molecule has 7 heteroatoms. The predicted molar refractivity (Wildman–Crippen MR) is 79.6 cm³/mol. The van der Waals surface area contributed by atoms with Gasteiger partial charge in [-0.25, -0.2) is 10.4 Å². The van der Waals surface area contributed by atoms with E-state index in [2.05, 4.69) is 20.5 Å². The minimum atomic E-state index is -0.519. The molecule has 0 atom stereocenters. The molecule has 1 aromatic carbocycles. The quantitative estimate of drug-likeness (QED) is 0.581. The van der Waals surface area contributed by atoms with Crippen molar-refractivity contribution in [3.8, 4) is 0 Å². The summed E-state index contributed by atoms with van der Waals surface area (Å²) in [7, 11) is 0. The van der Waals surface area contributed by atoms with Gasteiger partial charge in [0.05, 0.1) is 23.4 Å².